The summed E-state index contributed by atoms with van der Waals surface area (Å²) in [5.41, 5.74) is 0.189. The van der Waals surface area contributed by atoms with Crippen molar-refractivity contribution in [3.63, 3.8) is 0 Å². The van der Waals surface area contributed by atoms with Gasteiger partial charge >= 0.3 is 19.3 Å². The zero-order chi connectivity index (χ0) is 19.9. The summed E-state index contributed by atoms with van der Waals surface area (Å²) in [5, 5.41) is 24.9. The third-order valence-corrected chi connectivity index (χ3v) is 4.98. The molecule has 144 valence electrons. The number of benzene rings is 1. The minimum absolute atomic E-state index is 0.0519. The largest absolute Gasteiger partial charge is 0.537 e. The number of carboxylic acids is 1. The van der Waals surface area contributed by atoms with Crippen molar-refractivity contribution in [2.75, 3.05) is 13.0 Å². The number of aromatic nitrogens is 3. The van der Waals surface area contributed by atoms with Crippen molar-refractivity contribution in [3.05, 3.63) is 29.1 Å². The second kappa shape index (κ2) is 6.85. The van der Waals surface area contributed by atoms with E-state index < -0.39 is 30.2 Å². The minimum Gasteiger partial charge on any atom is -0.534 e. The monoisotopic (exact) mass is 404 g/mol. The highest BCUT2D eigenvalue weighted by Crippen LogP contribution is 2.40. The van der Waals surface area contributed by atoms with Gasteiger partial charge < -0.3 is 25.4 Å². The molecule has 0 saturated carbocycles. The molecule has 0 unspecified atom stereocenters. The summed E-state index contributed by atoms with van der Waals surface area (Å²) in [6, 6.07) is 2.98. The Labute approximate surface area is 154 Å². The average Bonchev–Trinajstić information content (AvgIpc) is 2.95. The van der Waals surface area contributed by atoms with Crippen LogP contribution in [0.4, 0.5) is 13.2 Å². The number of nitrogens with zero attached hydrogens (tertiary/aromatic N) is 3. The molecule has 1 atom stereocenters. The van der Waals surface area contributed by atoms with Crippen LogP contribution >= 0.6 is 11.8 Å². The first-order chi connectivity index (χ1) is 12.6. The molecule has 0 amide bonds. The first kappa shape index (κ1) is 19.2. The lowest BCUT2D eigenvalue weighted by atomic mass is 9.77. The zero-order valence-corrected chi connectivity index (χ0v) is 14.4. The number of ether oxygens (including phenoxy) is 1. The fourth-order valence-electron chi connectivity index (χ4n) is 2.58. The van der Waals surface area contributed by atoms with Crippen molar-refractivity contribution >= 4 is 24.8 Å². The Morgan fingerprint density at radius 3 is 2.74 bits per heavy atom. The minimum atomic E-state index is -4.78. The van der Waals surface area contributed by atoms with E-state index in [0.29, 0.717) is 5.56 Å². The summed E-state index contributed by atoms with van der Waals surface area (Å²) in [6.07, 6.45) is -4.68. The average molecular weight is 404 g/mol. The van der Waals surface area contributed by atoms with Crippen LogP contribution in [0.2, 0.25) is 0 Å². The van der Waals surface area contributed by atoms with Gasteiger partial charge in [0.05, 0.1) is 12.3 Å². The van der Waals surface area contributed by atoms with E-state index in [1.807, 2.05) is 0 Å². The van der Waals surface area contributed by atoms with Crippen molar-refractivity contribution in [1.82, 2.24) is 14.9 Å². The van der Waals surface area contributed by atoms with E-state index in [1.54, 1.807) is 6.07 Å². The third kappa shape index (κ3) is 3.49. The Balaban J connectivity index is 1.89. The number of hydrogen-bond acceptors (Lipinski definition) is 8. The van der Waals surface area contributed by atoms with Crippen molar-refractivity contribution < 1.29 is 37.5 Å². The molecule has 27 heavy (non-hydrogen) atoms. The van der Waals surface area contributed by atoms with Crippen LogP contribution in [0.25, 0.3) is 0 Å². The second-order valence-electron chi connectivity index (χ2n) is 5.48. The summed E-state index contributed by atoms with van der Waals surface area (Å²) in [5.74, 6) is 2.69. The van der Waals surface area contributed by atoms with E-state index in [0.717, 1.165) is 11.8 Å². The lowest BCUT2D eigenvalue weighted by Gasteiger charge is -2.28. The molecule has 0 saturated heterocycles. The van der Waals surface area contributed by atoms with Gasteiger partial charge in [-0.3, -0.25) is 0 Å². The molecule has 4 N–H and O–H groups in total. The lowest BCUT2D eigenvalue weighted by molar-refractivity contribution is -0.146. The topological polar surface area (TPSA) is 133 Å². The van der Waals surface area contributed by atoms with Gasteiger partial charge in [-0.25, -0.2) is 9.47 Å². The van der Waals surface area contributed by atoms with Crippen molar-refractivity contribution in [3.8, 4) is 11.5 Å². The van der Waals surface area contributed by atoms with Crippen LogP contribution in [0, 0.1) is 0 Å². The lowest BCUT2D eigenvalue weighted by Crippen LogP contribution is -2.41. The van der Waals surface area contributed by atoms with Gasteiger partial charge in [0.15, 0.2) is 0 Å². The fraction of sp³-hybridized carbons (Fsp3) is 0.308. The van der Waals surface area contributed by atoms with Crippen LogP contribution in [-0.4, -0.2) is 50.4 Å². The van der Waals surface area contributed by atoms with Gasteiger partial charge in [-0.2, -0.15) is 13.2 Å². The first-order valence-corrected chi connectivity index (χ1v) is 8.23. The molecule has 14 heteroatoms. The second-order valence-corrected chi connectivity index (χ2v) is 6.69. The summed E-state index contributed by atoms with van der Waals surface area (Å²) >= 11 is 0.735. The molecule has 0 aliphatic carbocycles. The smallest absolute Gasteiger partial charge is 0.534 e. The van der Waals surface area contributed by atoms with E-state index >= 15 is 0 Å². The molecule has 1 aromatic carbocycles. The Hall–Kier alpha value is -2.61. The number of alkyl halides is 3. The summed E-state index contributed by atoms with van der Waals surface area (Å²) < 4.78 is 48.8. The molecule has 0 fully saturated rings. The maximum absolute atomic E-state index is 12.8. The molecular weight excluding hydrogens is 392 g/mol. The number of rotatable bonds is 4. The summed E-state index contributed by atoms with van der Waals surface area (Å²) in [7, 11) is -0.225. The van der Waals surface area contributed by atoms with Crippen LogP contribution in [0.3, 0.4) is 0 Å². The zero-order valence-electron chi connectivity index (χ0n) is 13.6. The fourth-order valence-corrected chi connectivity index (χ4v) is 3.57. The molecule has 1 aliphatic heterocycles. The Morgan fingerprint density at radius 1 is 1.48 bits per heavy atom. The number of fused-ring (bicyclic) bond motifs is 1. The number of carbonyl (C=O) groups is 1. The molecule has 2 aromatic rings. The number of aromatic carboxylic acids is 1. The highest BCUT2D eigenvalue weighted by atomic mass is 32.2. The van der Waals surface area contributed by atoms with E-state index in [4.69, 9.17) is 15.2 Å². The SMILES string of the molecule is COc1ccc2c(c1C(=O)O)OB(O)[C@@H](Sc1nnc(C(F)(F)F)n1N)C2. The van der Waals surface area contributed by atoms with Gasteiger partial charge in [0, 0.05) is 0 Å². The molecule has 3 rings (SSSR count). The molecule has 2 heterocycles. The first-order valence-electron chi connectivity index (χ1n) is 7.35. The van der Waals surface area contributed by atoms with Gasteiger partial charge in [0.1, 0.15) is 17.1 Å². The van der Waals surface area contributed by atoms with Crippen LogP contribution in [0.1, 0.15) is 21.7 Å². The molecule has 0 spiro atoms. The summed E-state index contributed by atoms with van der Waals surface area (Å²) in [4.78, 5) is 11.5. The number of carboxylic acid groups (broad SMARTS) is 1. The predicted octanol–water partition coefficient (Wildman–Crippen LogP) is 0.833. The molecule has 0 bridgehead atoms. The van der Waals surface area contributed by atoms with E-state index in [9.17, 15) is 28.1 Å². The third-order valence-electron chi connectivity index (χ3n) is 3.79. The van der Waals surface area contributed by atoms with Crippen LogP contribution in [0.5, 0.6) is 11.5 Å². The number of halogens is 3. The van der Waals surface area contributed by atoms with E-state index in [1.165, 1.54) is 13.2 Å². The Bertz CT molecular complexity index is 894. The van der Waals surface area contributed by atoms with Crippen LogP contribution in [-0.2, 0) is 12.6 Å². The van der Waals surface area contributed by atoms with Crippen LogP contribution in [0.15, 0.2) is 17.3 Å². The number of nitrogens with two attached hydrogens (primary N) is 1. The van der Waals surface area contributed by atoms with Crippen molar-refractivity contribution in [1.29, 1.82) is 0 Å². The molecule has 0 radical (unpaired) electrons. The highest BCUT2D eigenvalue weighted by Gasteiger charge is 2.42. The molecule has 1 aliphatic rings. The van der Waals surface area contributed by atoms with E-state index in [-0.39, 0.29) is 33.3 Å². The summed E-state index contributed by atoms with van der Waals surface area (Å²) in [6.45, 7) is 0. The van der Waals surface area contributed by atoms with Gasteiger partial charge in [-0.05, 0) is 18.1 Å². The number of thioether (sulfide) groups is 1. The van der Waals surface area contributed by atoms with Gasteiger partial charge in [-0.15, -0.1) is 10.2 Å². The highest BCUT2D eigenvalue weighted by molar-refractivity contribution is 8.01. The predicted molar refractivity (Wildman–Crippen MR) is 87.1 cm³/mol. The number of hydrogen-bond donors (Lipinski definition) is 3. The number of methoxy groups -OCH3 is 1. The van der Waals surface area contributed by atoms with Crippen LogP contribution < -0.4 is 15.2 Å². The standard InChI is InChI=1S/C13H12BF3N4O5S/c1-25-6-3-2-5-4-7(14(24)26-9(5)8(6)10(22)23)27-12-20-19-11(21(12)18)13(15,16)17/h2-3,7,24H,4,18H2,1H3,(H,22,23)/t7-/m0/s1. The quantitative estimate of drug-likeness (QED) is 0.501. The van der Waals surface area contributed by atoms with Crippen molar-refractivity contribution in [2.24, 2.45) is 0 Å². The van der Waals surface area contributed by atoms with Gasteiger partial charge in [0.25, 0.3) is 5.82 Å². The Morgan fingerprint density at radius 2 is 2.19 bits per heavy atom. The number of nitrogen functional groups attached to an aromatic ring is 1. The van der Waals surface area contributed by atoms with Gasteiger partial charge in [-0.1, -0.05) is 17.8 Å². The molecular formula is C13H12BF3N4O5S. The molecule has 1 aromatic heterocycles. The Kier molecular flexibility index (Phi) is 4.86. The van der Waals surface area contributed by atoms with E-state index in [2.05, 4.69) is 10.2 Å². The normalized spacial score (nSPS) is 16.6. The maximum Gasteiger partial charge on any atom is 0.537 e. The van der Waals surface area contributed by atoms with Gasteiger partial charge in [0.2, 0.25) is 5.16 Å². The molecule has 9 nitrogen and oxygen atoms in total. The van der Waals surface area contributed by atoms with Crippen molar-refractivity contribution in [2.45, 2.75) is 22.9 Å². The maximum atomic E-state index is 12.8.